The van der Waals surface area contributed by atoms with E-state index in [9.17, 15) is 0 Å². The van der Waals surface area contributed by atoms with Crippen molar-refractivity contribution in [2.45, 2.75) is 10.8 Å². The summed E-state index contributed by atoms with van der Waals surface area (Å²) in [5.74, 6) is 0. The minimum absolute atomic E-state index is 0.0270. The zero-order chi connectivity index (χ0) is 13.5. The Morgan fingerprint density at radius 1 is 0.684 bits per heavy atom. The summed E-state index contributed by atoms with van der Waals surface area (Å²) in [5, 5.41) is 3.26. The second kappa shape index (κ2) is 7.54. The van der Waals surface area contributed by atoms with Gasteiger partial charge in [-0.15, -0.1) is 23.2 Å². The maximum Gasteiger partial charge on any atom is 0.0709 e. The number of benzene rings is 2. The minimum atomic E-state index is -0.0270. The van der Waals surface area contributed by atoms with Gasteiger partial charge in [0.2, 0.25) is 0 Å². The van der Waals surface area contributed by atoms with E-state index in [1.807, 2.05) is 60.7 Å². The third kappa shape index (κ3) is 4.54. The Kier molecular flexibility index (Phi) is 5.71. The molecule has 0 fully saturated rings. The quantitative estimate of drug-likeness (QED) is 0.771. The van der Waals surface area contributed by atoms with Crippen LogP contribution < -0.4 is 5.32 Å². The van der Waals surface area contributed by atoms with E-state index in [4.69, 9.17) is 23.2 Å². The average Bonchev–Trinajstić information content (AvgIpc) is 2.49. The predicted molar refractivity (Wildman–Crippen MR) is 82.9 cm³/mol. The lowest BCUT2D eigenvalue weighted by Gasteiger charge is -2.14. The molecule has 0 bridgehead atoms. The Labute approximate surface area is 124 Å². The molecule has 1 nitrogen and oxygen atoms in total. The lowest BCUT2D eigenvalue weighted by molar-refractivity contribution is 0.660. The van der Waals surface area contributed by atoms with Crippen molar-refractivity contribution in [1.82, 2.24) is 5.32 Å². The molecule has 0 aromatic heterocycles. The molecular formula is C16H17Cl2N. The smallest absolute Gasteiger partial charge is 0.0709 e. The maximum absolute atomic E-state index is 6.33. The molecule has 0 amide bonds. The van der Waals surface area contributed by atoms with E-state index in [-0.39, 0.29) is 10.8 Å². The molecule has 19 heavy (non-hydrogen) atoms. The summed E-state index contributed by atoms with van der Waals surface area (Å²) in [4.78, 5) is 0. The molecule has 0 saturated heterocycles. The van der Waals surface area contributed by atoms with E-state index < -0.39 is 0 Å². The van der Waals surface area contributed by atoms with E-state index in [1.165, 1.54) is 0 Å². The van der Waals surface area contributed by atoms with Crippen molar-refractivity contribution in [2.75, 3.05) is 13.1 Å². The van der Waals surface area contributed by atoms with Gasteiger partial charge < -0.3 is 5.32 Å². The molecular weight excluding hydrogens is 277 g/mol. The Morgan fingerprint density at radius 3 is 1.42 bits per heavy atom. The van der Waals surface area contributed by atoms with Crippen LogP contribution in [0.2, 0.25) is 0 Å². The second-order valence-corrected chi connectivity index (χ2v) is 5.47. The molecule has 0 spiro atoms. The van der Waals surface area contributed by atoms with Gasteiger partial charge in [-0.1, -0.05) is 60.7 Å². The highest BCUT2D eigenvalue weighted by Gasteiger charge is 2.10. The maximum atomic E-state index is 6.33. The Morgan fingerprint density at radius 2 is 1.05 bits per heavy atom. The van der Waals surface area contributed by atoms with E-state index in [2.05, 4.69) is 5.32 Å². The minimum Gasteiger partial charge on any atom is -0.313 e. The standard InChI is InChI=1S/C16H17Cl2N/c17-15(13-7-3-1-4-8-13)11-19-12-16(18)14-9-5-2-6-10-14/h1-10,15-16,19H,11-12H2. The fraction of sp³-hybridized carbons (Fsp3) is 0.250. The van der Waals surface area contributed by atoms with Crippen LogP contribution in [0.3, 0.4) is 0 Å². The fourth-order valence-corrected chi connectivity index (χ4v) is 2.41. The van der Waals surface area contributed by atoms with Gasteiger partial charge in [-0.3, -0.25) is 0 Å². The number of hydrogen-bond donors (Lipinski definition) is 1. The summed E-state index contributed by atoms with van der Waals surface area (Å²) in [6, 6.07) is 20.1. The molecule has 0 aliphatic heterocycles. The summed E-state index contributed by atoms with van der Waals surface area (Å²) >= 11 is 12.7. The molecule has 2 atom stereocenters. The van der Waals surface area contributed by atoms with Crippen LogP contribution in [0.1, 0.15) is 21.9 Å². The van der Waals surface area contributed by atoms with Gasteiger partial charge in [-0.05, 0) is 11.1 Å². The summed E-state index contributed by atoms with van der Waals surface area (Å²) in [7, 11) is 0. The topological polar surface area (TPSA) is 12.0 Å². The largest absolute Gasteiger partial charge is 0.313 e. The number of nitrogens with one attached hydrogen (secondary N) is 1. The predicted octanol–water partition coefficient (Wildman–Crippen LogP) is 4.54. The zero-order valence-electron chi connectivity index (χ0n) is 10.6. The summed E-state index contributed by atoms with van der Waals surface area (Å²) in [6.07, 6.45) is 0. The Bertz CT molecular complexity index is 427. The molecule has 0 saturated carbocycles. The van der Waals surface area contributed by atoms with Gasteiger partial charge in [0, 0.05) is 13.1 Å². The summed E-state index contributed by atoms with van der Waals surface area (Å²) in [6.45, 7) is 1.42. The van der Waals surface area contributed by atoms with Crippen molar-refractivity contribution in [1.29, 1.82) is 0 Å². The molecule has 2 aromatic carbocycles. The van der Waals surface area contributed by atoms with E-state index in [1.54, 1.807) is 0 Å². The van der Waals surface area contributed by atoms with E-state index >= 15 is 0 Å². The SMILES string of the molecule is ClC(CNCC(Cl)c1ccccc1)c1ccccc1. The van der Waals surface area contributed by atoms with Gasteiger partial charge in [0.05, 0.1) is 10.8 Å². The van der Waals surface area contributed by atoms with Crippen LogP contribution in [0.4, 0.5) is 0 Å². The molecule has 0 radical (unpaired) electrons. The summed E-state index contributed by atoms with van der Waals surface area (Å²) < 4.78 is 0. The van der Waals surface area contributed by atoms with Crippen LogP contribution in [0.25, 0.3) is 0 Å². The molecule has 1 N–H and O–H groups in total. The molecule has 2 rings (SSSR count). The van der Waals surface area contributed by atoms with Crippen molar-refractivity contribution in [2.24, 2.45) is 0 Å². The highest BCUT2D eigenvalue weighted by molar-refractivity contribution is 6.21. The molecule has 100 valence electrons. The highest BCUT2D eigenvalue weighted by atomic mass is 35.5. The van der Waals surface area contributed by atoms with Gasteiger partial charge in [0.1, 0.15) is 0 Å². The van der Waals surface area contributed by atoms with Crippen LogP contribution in [-0.2, 0) is 0 Å². The zero-order valence-corrected chi connectivity index (χ0v) is 12.1. The first-order valence-electron chi connectivity index (χ1n) is 6.36. The Balaban J connectivity index is 1.78. The molecule has 2 aromatic rings. The van der Waals surface area contributed by atoms with Crippen LogP contribution in [0.15, 0.2) is 60.7 Å². The second-order valence-electron chi connectivity index (χ2n) is 4.41. The Hall–Kier alpha value is -1.02. The number of alkyl halides is 2. The lowest BCUT2D eigenvalue weighted by Crippen LogP contribution is -2.23. The average molecular weight is 294 g/mol. The van der Waals surface area contributed by atoms with Crippen molar-refractivity contribution >= 4 is 23.2 Å². The van der Waals surface area contributed by atoms with Crippen LogP contribution >= 0.6 is 23.2 Å². The van der Waals surface area contributed by atoms with Crippen molar-refractivity contribution < 1.29 is 0 Å². The number of rotatable bonds is 6. The molecule has 0 aliphatic rings. The molecule has 0 heterocycles. The lowest BCUT2D eigenvalue weighted by atomic mass is 10.1. The summed E-state index contributed by atoms with van der Waals surface area (Å²) in [5.41, 5.74) is 2.25. The first-order chi connectivity index (χ1) is 9.27. The van der Waals surface area contributed by atoms with Crippen LogP contribution in [0.5, 0.6) is 0 Å². The van der Waals surface area contributed by atoms with Crippen LogP contribution in [0, 0.1) is 0 Å². The first kappa shape index (κ1) is 14.4. The third-order valence-electron chi connectivity index (χ3n) is 2.97. The monoisotopic (exact) mass is 293 g/mol. The first-order valence-corrected chi connectivity index (χ1v) is 7.23. The number of hydrogen-bond acceptors (Lipinski definition) is 1. The third-order valence-corrected chi connectivity index (χ3v) is 3.78. The van der Waals surface area contributed by atoms with E-state index in [0.717, 1.165) is 11.1 Å². The van der Waals surface area contributed by atoms with Gasteiger partial charge >= 0.3 is 0 Å². The van der Waals surface area contributed by atoms with Crippen molar-refractivity contribution in [3.8, 4) is 0 Å². The van der Waals surface area contributed by atoms with Gasteiger partial charge in [-0.25, -0.2) is 0 Å². The van der Waals surface area contributed by atoms with Crippen molar-refractivity contribution in [3.05, 3.63) is 71.8 Å². The molecule has 3 heteroatoms. The molecule has 0 aliphatic carbocycles. The van der Waals surface area contributed by atoms with E-state index in [0.29, 0.717) is 13.1 Å². The van der Waals surface area contributed by atoms with Gasteiger partial charge in [-0.2, -0.15) is 0 Å². The molecule has 2 unspecified atom stereocenters. The normalized spacial score (nSPS) is 14.0. The van der Waals surface area contributed by atoms with Crippen molar-refractivity contribution in [3.63, 3.8) is 0 Å². The van der Waals surface area contributed by atoms with Gasteiger partial charge in [0.15, 0.2) is 0 Å². The van der Waals surface area contributed by atoms with Crippen LogP contribution in [-0.4, -0.2) is 13.1 Å². The highest BCUT2D eigenvalue weighted by Crippen LogP contribution is 2.21. The fourth-order valence-electron chi connectivity index (χ4n) is 1.90. The van der Waals surface area contributed by atoms with Gasteiger partial charge in [0.25, 0.3) is 0 Å². The number of halogens is 2.